The van der Waals surface area contributed by atoms with E-state index in [-0.39, 0.29) is 5.41 Å². The molecule has 1 aliphatic carbocycles. The molecule has 2 nitrogen and oxygen atoms in total. The third kappa shape index (κ3) is 0.920. The molecule has 0 spiro atoms. The van der Waals surface area contributed by atoms with Gasteiger partial charge in [0.2, 0.25) is 0 Å². The van der Waals surface area contributed by atoms with Crippen molar-refractivity contribution in [1.29, 1.82) is 0 Å². The molecule has 0 aliphatic heterocycles. The first-order valence-corrected chi connectivity index (χ1v) is 3.63. The number of terminal acetylenes is 1. The van der Waals surface area contributed by atoms with Crippen LogP contribution in [0, 0.1) is 23.2 Å². The Bertz CT molecular complexity index is 234. The van der Waals surface area contributed by atoms with Gasteiger partial charge < -0.3 is 5.11 Å². The quantitative estimate of drug-likeness (QED) is 0.609. The minimum absolute atomic E-state index is 0.106. The van der Waals surface area contributed by atoms with Gasteiger partial charge in [-0.05, 0) is 11.8 Å². The first kappa shape index (κ1) is 8.13. The zero-order chi connectivity index (χ0) is 8.70. The molecule has 0 radical (unpaired) electrons. The van der Waals surface area contributed by atoms with Gasteiger partial charge in [0.25, 0.3) is 0 Å². The van der Waals surface area contributed by atoms with Gasteiger partial charge in [-0.2, -0.15) is 0 Å². The maximum Gasteiger partial charge on any atom is 0.311 e. The molecule has 2 heteroatoms. The highest BCUT2D eigenvalue weighted by Crippen LogP contribution is 2.65. The van der Waals surface area contributed by atoms with E-state index in [1.807, 2.05) is 13.8 Å². The van der Waals surface area contributed by atoms with E-state index in [2.05, 4.69) is 5.92 Å². The Hall–Kier alpha value is -0.970. The van der Waals surface area contributed by atoms with E-state index in [0.29, 0.717) is 12.8 Å². The Morgan fingerprint density at radius 2 is 2.18 bits per heavy atom. The van der Waals surface area contributed by atoms with Gasteiger partial charge >= 0.3 is 5.97 Å². The van der Waals surface area contributed by atoms with Gasteiger partial charge in [-0.15, -0.1) is 12.3 Å². The Morgan fingerprint density at radius 1 is 1.73 bits per heavy atom. The van der Waals surface area contributed by atoms with Gasteiger partial charge in [-0.3, -0.25) is 4.79 Å². The summed E-state index contributed by atoms with van der Waals surface area (Å²) in [7, 11) is 0. The van der Waals surface area contributed by atoms with Crippen LogP contribution in [0.5, 0.6) is 0 Å². The summed E-state index contributed by atoms with van der Waals surface area (Å²) in [5.41, 5.74) is -0.729. The van der Waals surface area contributed by atoms with Gasteiger partial charge in [0, 0.05) is 6.42 Å². The van der Waals surface area contributed by atoms with Crippen molar-refractivity contribution in [2.45, 2.75) is 26.7 Å². The van der Waals surface area contributed by atoms with Gasteiger partial charge in [0.1, 0.15) is 0 Å². The van der Waals surface area contributed by atoms with E-state index in [0.717, 1.165) is 0 Å². The third-order valence-corrected chi connectivity index (χ3v) is 2.73. The standard InChI is InChI=1S/C9H12O2/c1-4-5-9(7(10)11)6-8(9,2)3/h1H,5-6H2,2-3H3,(H,10,11). The maximum absolute atomic E-state index is 10.8. The number of hydrogen-bond donors (Lipinski definition) is 1. The molecule has 0 bridgehead atoms. The number of hydrogen-bond acceptors (Lipinski definition) is 1. The maximum atomic E-state index is 10.8. The zero-order valence-corrected chi connectivity index (χ0v) is 6.85. The summed E-state index contributed by atoms with van der Waals surface area (Å²) in [6.07, 6.45) is 6.16. The molecule has 0 aromatic carbocycles. The van der Waals surface area contributed by atoms with Crippen molar-refractivity contribution < 1.29 is 9.90 Å². The fourth-order valence-corrected chi connectivity index (χ4v) is 1.63. The van der Waals surface area contributed by atoms with Crippen molar-refractivity contribution in [3.63, 3.8) is 0 Å². The van der Waals surface area contributed by atoms with Crippen LogP contribution >= 0.6 is 0 Å². The molecule has 1 saturated carbocycles. The molecule has 60 valence electrons. The second-order valence-corrected chi connectivity index (χ2v) is 3.83. The zero-order valence-electron chi connectivity index (χ0n) is 6.85. The van der Waals surface area contributed by atoms with Gasteiger partial charge in [0.15, 0.2) is 0 Å². The molecule has 1 atom stereocenters. The van der Waals surface area contributed by atoms with E-state index in [1.165, 1.54) is 0 Å². The number of carboxylic acids is 1. The molecular formula is C9H12O2. The number of carbonyl (C=O) groups is 1. The lowest BCUT2D eigenvalue weighted by atomic mass is 9.93. The second-order valence-electron chi connectivity index (χ2n) is 3.83. The van der Waals surface area contributed by atoms with Crippen molar-refractivity contribution in [1.82, 2.24) is 0 Å². The minimum atomic E-state index is -0.750. The largest absolute Gasteiger partial charge is 0.481 e. The summed E-state index contributed by atoms with van der Waals surface area (Å²) >= 11 is 0. The molecule has 1 rings (SSSR count). The SMILES string of the molecule is C#CCC1(C(=O)O)CC1(C)C. The lowest BCUT2D eigenvalue weighted by Gasteiger charge is -2.11. The number of rotatable bonds is 2. The van der Waals surface area contributed by atoms with Crippen molar-refractivity contribution >= 4 is 5.97 Å². The Labute approximate surface area is 66.6 Å². The molecule has 1 N–H and O–H groups in total. The predicted octanol–water partition coefficient (Wildman–Crippen LogP) is 1.51. The van der Waals surface area contributed by atoms with Crippen LogP contribution in [0.15, 0.2) is 0 Å². The molecule has 1 unspecified atom stereocenters. The van der Waals surface area contributed by atoms with Crippen LogP contribution in [0.1, 0.15) is 26.7 Å². The summed E-state index contributed by atoms with van der Waals surface area (Å²) in [5.74, 6) is 1.68. The Kier molecular flexibility index (Phi) is 1.48. The van der Waals surface area contributed by atoms with Crippen LogP contribution < -0.4 is 0 Å². The van der Waals surface area contributed by atoms with Gasteiger partial charge in [-0.1, -0.05) is 13.8 Å². The van der Waals surface area contributed by atoms with Crippen molar-refractivity contribution in [2.24, 2.45) is 10.8 Å². The van der Waals surface area contributed by atoms with Crippen LogP contribution in [-0.4, -0.2) is 11.1 Å². The fraction of sp³-hybridized carbons (Fsp3) is 0.667. The average molecular weight is 152 g/mol. The molecule has 11 heavy (non-hydrogen) atoms. The molecule has 1 fully saturated rings. The second kappa shape index (κ2) is 2.01. The Morgan fingerprint density at radius 3 is 2.27 bits per heavy atom. The van der Waals surface area contributed by atoms with Crippen LogP contribution in [0.2, 0.25) is 0 Å². The normalized spacial score (nSPS) is 32.5. The van der Waals surface area contributed by atoms with E-state index in [1.54, 1.807) is 0 Å². The molecule has 0 heterocycles. The van der Waals surface area contributed by atoms with Crippen LogP contribution in [0.4, 0.5) is 0 Å². The molecule has 0 saturated heterocycles. The summed E-state index contributed by atoms with van der Waals surface area (Å²) in [5, 5.41) is 8.87. The number of aliphatic carboxylic acids is 1. The van der Waals surface area contributed by atoms with E-state index in [9.17, 15) is 4.79 Å². The molecular weight excluding hydrogens is 140 g/mol. The first-order chi connectivity index (χ1) is 4.96. The van der Waals surface area contributed by atoms with Gasteiger partial charge in [-0.25, -0.2) is 0 Å². The fourth-order valence-electron chi connectivity index (χ4n) is 1.63. The third-order valence-electron chi connectivity index (χ3n) is 2.73. The predicted molar refractivity (Wildman–Crippen MR) is 41.9 cm³/mol. The first-order valence-electron chi connectivity index (χ1n) is 3.63. The highest BCUT2D eigenvalue weighted by Gasteiger charge is 2.66. The molecule has 0 aromatic rings. The van der Waals surface area contributed by atoms with Gasteiger partial charge in [0.05, 0.1) is 5.41 Å². The smallest absolute Gasteiger partial charge is 0.311 e. The Balaban J connectivity index is 2.81. The lowest BCUT2D eigenvalue weighted by Crippen LogP contribution is -2.20. The van der Waals surface area contributed by atoms with Crippen LogP contribution in [-0.2, 0) is 4.79 Å². The average Bonchev–Trinajstić information content (AvgIpc) is 2.36. The van der Waals surface area contributed by atoms with Crippen LogP contribution in [0.25, 0.3) is 0 Å². The summed E-state index contributed by atoms with van der Waals surface area (Å²) < 4.78 is 0. The lowest BCUT2D eigenvalue weighted by molar-refractivity contribution is -0.144. The summed E-state index contributed by atoms with van der Waals surface area (Å²) in [6.45, 7) is 3.89. The van der Waals surface area contributed by atoms with Crippen molar-refractivity contribution in [2.75, 3.05) is 0 Å². The monoisotopic (exact) mass is 152 g/mol. The topological polar surface area (TPSA) is 37.3 Å². The molecule has 1 aliphatic rings. The van der Waals surface area contributed by atoms with E-state index >= 15 is 0 Å². The number of carboxylic acid groups (broad SMARTS) is 1. The van der Waals surface area contributed by atoms with Crippen molar-refractivity contribution in [3.05, 3.63) is 0 Å². The van der Waals surface area contributed by atoms with E-state index in [4.69, 9.17) is 11.5 Å². The summed E-state index contributed by atoms with van der Waals surface area (Å²) in [4.78, 5) is 10.8. The summed E-state index contributed by atoms with van der Waals surface area (Å²) in [6, 6.07) is 0. The molecule has 0 amide bonds. The molecule has 0 aromatic heterocycles. The van der Waals surface area contributed by atoms with E-state index < -0.39 is 11.4 Å². The highest BCUT2D eigenvalue weighted by atomic mass is 16.4. The van der Waals surface area contributed by atoms with Crippen LogP contribution in [0.3, 0.4) is 0 Å². The highest BCUT2D eigenvalue weighted by molar-refractivity contribution is 5.80. The minimum Gasteiger partial charge on any atom is -0.481 e. The van der Waals surface area contributed by atoms with Crippen molar-refractivity contribution in [3.8, 4) is 12.3 Å².